The highest BCUT2D eigenvalue weighted by Crippen LogP contribution is 2.29. The normalized spacial score (nSPS) is 22.2. The zero-order chi connectivity index (χ0) is 13.4. The molecule has 2 atom stereocenters. The van der Waals surface area contributed by atoms with Crippen LogP contribution in [0.2, 0.25) is 0 Å². The molecule has 2 heterocycles. The first-order valence-electron chi connectivity index (χ1n) is 7.08. The monoisotopic (exact) mass is 258 g/mol. The number of benzene rings is 1. The fourth-order valence-corrected chi connectivity index (χ4v) is 3.11. The molecule has 1 aliphatic rings. The van der Waals surface area contributed by atoms with Gasteiger partial charge in [-0.25, -0.2) is 0 Å². The standard InChI is InChI=1S/C16H22N2O/c1-11-14-6-4-5-7-15(14)19-16(11)12(2)17-13-8-9-18(3)10-13/h4-7,12-13,17H,8-10H2,1-3H3. The van der Waals surface area contributed by atoms with Crippen molar-refractivity contribution in [1.29, 1.82) is 0 Å². The zero-order valence-electron chi connectivity index (χ0n) is 11.9. The number of nitrogens with one attached hydrogen (secondary N) is 1. The Kier molecular flexibility index (Phi) is 3.33. The maximum atomic E-state index is 6.02. The van der Waals surface area contributed by atoms with E-state index in [1.807, 2.05) is 12.1 Å². The van der Waals surface area contributed by atoms with Crippen LogP contribution in [0.5, 0.6) is 0 Å². The van der Waals surface area contributed by atoms with Crippen LogP contribution in [-0.4, -0.2) is 31.1 Å². The third-order valence-corrected chi connectivity index (χ3v) is 4.15. The molecule has 1 aliphatic heterocycles. The average Bonchev–Trinajstić information content (AvgIpc) is 2.94. The van der Waals surface area contributed by atoms with E-state index in [9.17, 15) is 0 Å². The number of likely N-dealkylation sites (N-methyl/N-ethyl adjacent to an activating group) is 1. The third kappa shape index (κ3) is 2.40. The number of para-hydroxylation sites is 1. The Bertz CT molecular complexity index is 575. The summed E-state index contributed by atoms with van der Waals surface area (Å²) in [7, 11) is 2.18. The molecule has 1 saturated heterocycles. The van der Waals surface area contributed by atoms with Gasteiger partial charge in [-0.3, -0.25) is 0 Å². The minimum absolute atomic E-state index is 0.268. The van der Waals surface area contributed by atoms with E-state index in [0.29, 0.717) is 6.04 Å². The molecule has 1 aromatic heterocycles. The molecular weight excluding hydrogens is 236 g/mol. The van der Waals surface area contributed by atoms with E-state index in [2.05, 4.69) is 43.2 Å². The summed E-state index contributed by atoms with van der Waals surface area (Å²) in [6.45, 7) is 6.66. The molecule has 1 fully saturated rings. The molecule has 19 heavy (non-hydrogen) atoms. The Hall–Kier alpha value is -1.32. The lowest BCUT2D eigenvalue weighted by Crippen LogP contribution is -2.33. The molecular formula is C16H22N2O. The highest BCUT2D eigenvalue weighted by atomic mass is 16.3. The topological polar surface area (TPSA) is 28.4 Å². The van der Waals surface area contributed by atoms with Crippen molar-refractivity contribution in [2.75, 3.05) is 20.1 Å². The van der Waals surface area contributed by atoms with E-state index in [1.54, 1.807) is 0 Å². The summed E-state index contributed by atoms with van der Waals surface area (Å²) in [5.74, 6) is 1.08. The lowest BCUT2D eigenvalue weighted by molar-refractivity contribution is 0.369. The Morgan fingerprint density at radius 3 is 2.84 bits per heavy atom. The molecule has 2 unspecified atom stereocenters. The number of rotatable bonds is 3. The summed E-state index contributed by atoms with van der Waals surface area (Å²) in [4.78, 5) is 2.37. The fraction of sp³-hybridized carbons (Fsp3) is 0.500. The van der Waals surface area contributed by atoms with E-state index < -0.39 is 0 Å². The molecule has 0 aliphatic carbocycles. The van der Waals surface area contributed by atoms with Crippen molar-refractivity contribution in [2.45, 2.75) is 32.4 Å². The Balaban J connectivity index is 1.81. The number of furan rings is 1. The molecule has 2 aromatic rings. The van der Waals surface area contributed by atoms with Gasteiger partial charge in [0.1, 0.15) is 11.3 Å². The van der Waals surface area contributed by atoms with Crippen LogP contribution >= 0.6 is 0 Å². The van der Waals surface area contributed by atoms with Gasteiger partial charge in [0.25, 0.3) is 0 Å². The molecule has 1 N–H and O–H groups in total. The number of hydrogen-bond acceptors (Lipinski definition) is 3. The largest absolute Gasteiger partial charge is 0.459 e. The molecule has 102 valence electrons. The van der Waals surface area contributed by atoms with Gasteiger partial charge < -0.3 is 14.6 Å². The molecule has 1 aromatic carbocycles. The molecule has 3 rings (SSSR count). The number of aryl methyl sites for hydroxylation is 1. The van der Waals surface area contributed by atoms with E-state index in [0.717, 1.165) is 17.9 Å². The van der Waals surface area contributed by atoms with Crippen molar-refractivity contribution in [1.82, 2.24) is 10.2 Å². The first kappa shape index (κ1) is 12.7. The lowest BCUT2D eigenvalue weighted by atomic mass is 10.1. The number of hydrogen-bond donors (Lipinski definition) is 1. The average molecular weight is 258 g/mol. The predicted molar refractivity (Wildman–Crippen MR) is 78.4 cm³/mol. The smallest absolute Gasteiger partial charge is 0.134 e. The first-order chi connectivity index (χ1) is 9.15. The van der Waals surface area contributed by atoms with Gasteiger partial charge in [0.2, 0.25) is 0 Å². The molecule has 0 radical (unpaired) electrons. The number of likely N-dealkylation sites (tertiary alicyclic amines) is 1. The minimum Gasteiger partial charge on any atom is -0.459 e. The second-order valence-corrected chi connectivity index (χ2v) is 5.72. The first-order valence-corrected chi connectivity index (χ1v) is 7.08. The van der Waals surface area contributed by atoms with E-state index >= 15 is 0 Å². The summed E-state index contributed by atoms with van der Waals surface area (Å²) < 4.78 is 6.02. The third-order valence-electron chi connectivity index (χ3n) is 4.15. The SMILES string of the molecule is Cc1c(C(C)NC2CCN(C)C2)oc2ccccc12. The van der Waals surface area contributed by atoms with Gasteiger partial charge in [-0.2, -0.15) is 0 Å². The van der Waals surface area contributed by atoms with E-state index in [-0.39, 0.29) is 6.04 Å². The molecule has 3 heteroatoms. The van der Waals surface area contributed by atoms with Gasteiger partial charge >= 0.3 is 0 Å². The molecule has 3 nitrogen and oxygen atoms in total. The second-order valence-electron chi connectivity index (χ2n) is 5.72. The van der Waals surface area contributed by atoms with Crippen molar-refractivity contribution in [2.24, 2.45) is 0 Å². The molecule has 0 spiro atoms. The molecule has 0 bridgehead atoms. The highest BCUT2D eigenvalue weighted by molar-refractivity contribution is 5.82. The van der Waals surface area contributed by atoms with E-state index in [4.69, 9.17) is 4.42 Å². The summed E-state index contributed by atoms with van der Waals surface area (Å²) in [6, 6.07) is 9.12. The highest BCUT2D eigenvalue weighted by Gasteiger charge is 2.23. The Morgan fingerprint density at radius 1 is 1.37 bits per heavy atom. The van der Waals surface area contributed by atoms with Crippen molar-refractivity contribution >= 4 is 11.0 Å². The van der Waals surface area contributed by atoms with Gasteiger partial charge in [0, 0.05) is 18.0 Å². The summed E-state index contributed by atoms with van der Waals surface area (Å²) in [5, 5.41) is 4.92. The molecule has 0 amide bonds. The van der Waals surface area contributed by atoms with Crippen LogP contribution in [0.15, 0.2) is 28.7 Å². The quantitative estimate of drug-likeness (QED) is 0.917. The molecule has 0 saturated carbocycles. The van der Waals surface area contributed by atoms with Crippen LogP contribution in [0.1, 0.15) is 30.7 Å². The fourth-order valence-electron chi connectivity index (χ4n) is 3.11. The van der Waals surface area contributed by atoms with Crippen molar-refractivity contribution < 1.29 is 4.42 Å². The Morgan fingerprint density at radius 2 is 2.16 bits per heavy atom. The Labute approximate surface area is 114 Å². The number of fused-ring (bicyclic) bond motifs is 1. The van der Waals surface area contributed by atoms with Crippen LogP contribution in [0.4, 0.5) is 0 Å². The zero-order valence-corrected chi connectivity index (χ0v) is 11.9. The maximum Gasteiger partial charge on any atom is 0.134 e. The van der Waals surface area contributed by atoms with E-state index in [1.165, 1.54) is 23.9 Å². The van der Waals surface area contributed by atoms with Gasteiger partial charge in [-0.15, -0.1) is 0 Å². The lowest BCUT2D eigenvalue weighted by Gasteiger charge is -2.18. The second kappa shape index (κ2) is 4.99. The van der Waals surface area contributed by atoms with Gasteiger partial charge in [0.05, 0.1) is 6.04 Å². The summed E-state index contributed by atoms with van der Waals surface area (Å²) in [6.07, 6.45) is 1.22. The van der Waals surface area contributed by atoms with Crippen LogP contribution in [0, 0.1) is 6.92 Å². The van der Waals surface area contributed by atoms with Gasteiger partial charge in [0.15, 0.2) is 0 Å². The number of nitrogens with zero attached hydrogens (tertiary/aromatic N) is 1. The van der Waals surface area contributed by atoms with Crippen LogP contribution in [-0.2, 0) is 0 Å². The van der Waals surface area contributed by atoms with Crippen molar-refractivity contribution in [3.63, 3.8) is 0 Å². The van der Waals surface area contributed by atoms with Crippen LogP contribution in [0.3, 0.4) is 0 Å². The maximum absolute atomic E-state index is 6.02. The van der Waals surface area contributed by atoms with Gasteiger partial charge in [-0.1, -0.05) is 18.2 Å². The summed E-state index contributed by atoms with van der Waals surface area (Å²) >= 11 is 0. The van der Waals surface area contributed by atoms with Crippen molar-refractivity contribution in [3.8, 4) is 0 Å². The summed E-state index contributed by atoms with van der Waals surface area (Å²) in [5.41, 5.74) is 2.26. The van der Waals surface area contributed by atoms with Crippen LogP contribution in [0.25, 0.3) is 11.0 Å². The minimum atomic E-state index is 0.268. The van der Waals surface area contributed by atoms with Crippen LogP contribution < -0.4 is 5.32 Å². The van der Waals surface area contributed by atoms with Crippen molar-refractivity contribution in [3.05, 3.63) is 35.6 Å². The van der Waals surface area contributed by atoms with Gasteiger partial charge in [-0.05, 0) is 45.5 Å². The predicted octanol–water partition coefficient (Wildman–Crippen LogP) is 3.10.